The van der Waals surface area contributed by atoms with Gasteiger partial charge in [-0.2, -0.15) is 0 Å². The first-order chi connectivity index (χ1) is 13.7. The molecule has 0 aliphatic rings. The molecule has 0 saturated carbocycles. The average molecular weight is 397 g/mol. The monoisotopic (exact) mass is 396 g/mol. The number of hydrogen-bond donors (Lipinski definition) is 1. The Labute approximate surface area is 177 Å². The van der Waals surface area contributed by atoms with Crippen LogP contribution in [0.4, 0.5) is 0 Å². The van der Waals surface area contributed by atoms with Gasteiger partial charge in [-0.3, -0.25) is 4.79 Å². The van der Waals surface area contributed by atoms with E-state index in [2.05, 4.69) is 13.8 Å². The highest BCUT2D eigenvalue weighted by Crippen LogP contribution is 2.14. The maximum atomic E-state index is 12.0. The minimum Gasteiger partial charge on any atom is -0.385 e. The number of ketones is 1. The minimum absolute atomic E-state index is 0.0792. The predicted octanol–water partition coefficient (Wildman–Crippen LogP) is 8.54. The van der Waals surface area contributed by atoms with Crippen LogP contribution < -0.4 is 0 Å². The van der Waals surface area contributed by atoms with E-state index < -0.39 is 6.10 Å². The molecule has 1 unspecified atom stereocenters. The molecule has 0 fully saturated rings. The average Bonchev–Trinajstić information content (AvgIpc) is 2.70. The van der Waals surface area contributed by atoms with Crippen LogP contribution in [-0.4, -0.2) is 17.0 Å². The van der Waals surface area contributed by atoms with Crippen LogP contribution in [0.3, 0.4) is 0 Å². The minimum atomic E-state index is -0.701. The van der Waals surface area contributed by atoms with Crippen molar-refractivity contribution in [2.45, 2.75) is 161 Å². The Morgan fingerprint density at radius 3 is 1.25 bits per heavy atom. The third kappa shape index (κ3) is 20.4. The van der Waals surface area contributed by atoms with E-state index in [0.29, 0.717) is 12.8 Å². The SMILES string of the molecule is CCCCCCCCCCCCC(=O)C(O)CCCCCCCCCCCC. The third-order valence-corrected chi connectivity index (χ3v) is 5.98. The van der Waals surface area contributed by atoms with Gasteiger partial charge in [0.1, 0.15) is 6.10 Å². The van der Waals surface area contributed by atoms with E-state index in [9.17, 15) is 9.90 Å². The lowest BCUT2D eigenvalue weighted by Crippen LogP contribution is -2.19. The van der Waals surface area contributed by atoms with Gasteiger partial charge in [-0.1, -0.05) is 136 Å². The lowest BCUT2D eigenvalue weighted by atomic mass is 10.0. The first-order valence-electron chi connectivity index (χ1n) is 12.9. The number of Topliss-reactive ketones (excluding diaryl/α,β-unsaturated/α-hetero) is 1. The van der Waals surface area contributed by atoms with Gasteiger partial charge in [-0.15, -0.1) is 0 Å². The maximum absolute atomic E-state index is 12.0. The summed E-state index contributed by atoms with van der Waals surface area (Å²) in [6.07, 6.45) is 26.3. The van der Waals surface area contributed by atoms with Crippen molar-refractivity contribution in [3.63, 3.8) is 0 Å². The molecule has 1 atom stereocenters. The van der Waals surface area contributed by atoms with Gasteiger partial charge in [0, 0.05) is 6.42 Å². The normalized spacial score (nSPS) is 12.4. The molecule has 1 N–H and O–H groups in total. The van der Waals surface area contributed by atoms with Crippen LogP contribution in [0.15, 0.2) is 0 Å². The highest BCUT2D eigenvalue weighted by molar-refractivity contribution is 5.82. The van der Waals surface area contributed by atoms with Gasteiger partial charge >= 0.3 is 0 Å². The van der Waals surface area contributed by atoms with E-state index in [-0.39, 0.29) is 5.78 Å². The first kappa shape index (κ1) is 27.6. The number of unbranched alkanes of at least 4 members (excludes halogenated alkanes) is 18. The fourth-order valence-electron chi connectivity index (χ4n) is 3.94. The van der Waals surface area contributed by atoms with Crippen molar-refractivity contribution < 1.29 is 9.90 Å². The molecule has 0 aliphatic carbocycles. The van der Waals surface area contributed by atoms with Crippen LogP contribution in [0.1, 0.15) is 155 Å². The van der Waals surface area contributed by atoms with Gasteiger partial charge < -0.3 is 5.11 Å². The molecule has 2 heteroatoms. The van der Waals surface area contributed by atoms with Gasteiger partial charge in [0.25, 0.3) is 0 Å². The molecule has 0 heterocycles. The molecule has 0 amide bonds. The zero-order chi connectivity index (χ0) is 20.7. The number of rotatable bonds is 23. The lowest BCUT2D eigenvalue weighted by Gasteiger charge is -2.09. The summed E-state index contributed by atoms with van der Waals surface area (Å²) in [5.74, 6) is 0.0792. The lowest BCUT2D eigenvalue weighted by molar-refractivity contribution is -0.127. The summed E-state index contributed by atoms with van der Waals surface area (Å²) in [6.45, 7) is 4.52. The molecule has 0 radical (unpaired) electrons. The van der Waals surface area contributed by atoms with Crippen LogP contribution in [0.2, 0.25) is 0 Å². The summed E-state index contributed by atoms with van der Waals surface area (Å²) >= 11 is 0. The van der Waals surface area contributed by atoms with Gasteiger partial charge in [-0.05, 0) is 12.8 Å². The number of carbonyl (C=O) groups excluding carboxylic acids is 1. The number of aliphatic hydroxyl groups is 1. The molecule has 0 saturated heterocycles. The summed E-state index contributed by atoms with van der Waals surface area (Å²) in [5, 5.41) is 10.0. The second-order valence-corrected chi connectivity index (χ2v) is 8.88. The molecule has 0 aromatic heterocycles. The van der Waals surface area contributed by atoms with Gasteiger partial charge in [-0.25, -0.2) is 0 Å². The number of carbonyl (C=O) groups is 1. The maximum Gasteiger partial charge on any atom is 0.161 e. The zero-order valence-corrected chi connectivity index (χ0v) is 19.5. The largest absolute Gasteiger partial charge is 0.385 e. The number of aliphatic hydroxyl groups excluding tert-OH is 1. The molecule has 0 rings (SSSR count). The highest BCUT2D eigenvalue weighted by atomic mass is 16.3. The molecule has 0 aromatic carbocycles. The standard InChI is InChI=1S/C26H52O2/c1-3-5-7-9-11-13-15-17-19-21-23-25(27)26(28)24-22-20-18-16-14-12-10-8-6-4-2/h25,27H,3-24H2,1-2H3. The Hall–Kier alpha value is -0.370. The third-order valence-electron chi connectivity index (χ3n) is 5.98. The molecule has 2 nitrogen and oxygen atoms in total. The van der Waals surface area contributed by atoms with Crippen LogP contribution in [-0.2, 0) is 4.79 Å². The molecule has 168 valence electrons. The van der Waals surface area contributed by atoms with Crippen LogP contribution >= 0.6 is 0 Å². The predicted molar refractivity (Wildman–Crippen MR) is 124 cm³/mol. The summed E-state index contributed by atoms with van der Waals surface area (Å²) in [7, 11) is 0. The van der Waals surface area contributed by atoms with E-state index in [1.165, 1.54) is 103 Å². The molecule has 0 spiro atoms. The second-order valence-electron chi connectivity index (χ2n) is 8.88. The molecule has 0 aromatic rings. The summed E-state index contributed by atoms with van der Waals surface area (Å²) in [5.41, 5.74) is 0. The highest BCUT2D eigenvalue weighted by Gasteiger charge is 2.13. The van der Waals surface area contributed by atoms with E-state index in [4.69, 9.17) is 0 Å². The molecule has 28 heavy (non-hydrogen) atoms. The zero-order valence-electron chi connectivity index (χ0n) is 19.5. The molecular weight excluding hydrogens is 344 g/mol. The van der Waals surface area contributed by atoms with Crippen molar-refractivity contribution >= 4 is 5.78 Å². The van der Waals surface area contributed by atoms with Crippen LogP contribution in [0.25, 0.3) is 0 Å². The summed E-state index contributed by atoms with van der Waals surface area (Å²) in [6, 6.07) is 0. The fraction of sp³-hybridized carbons (Fsp3) is 0.962. The molecule has 0 aliphatic heterocycles. The molecular formula is C26H52O2. The first-order valence-corrected chi connectivity index (χ1v) is 12.9. The van der Waals surface area contributed by atoms with Crippen molar-refractivity contribution in [1.82, 2.24) is 0 Å². The number of hydrogen-bond acceptors (Lipinski definition) is 2. The Morgan fingerprint density at radius 1 is 0.536 bits per heavy atom. The van der Waals surface area contributed by atoms with Gasteiger partial charge in [0.15, 0.2) is 5.78 Å². The Kier molecular flexibility index (Phi) is 22.6. The smallest absolute Gasteiger partial charge is 0.161 e. The Balaban J connectivity index is 3.31. The fourth-order valence-corrected chi connectivity index (χ4v) is 3.94. The summed E-state index contributed by atoms with van der Waals surface area (Å²) < 4.78 is 0. The van der Waals surface area contributed by atoms with Gasteiger partial charge in [0.2, 0.25) is 0 Å². The van der Waals surface area contributed by atoms with Crippen LogP contribution in [0.5, 0.6) is 0 Å². The van der Waals surface area contributed by atoms with Crippen molar-refractivity contribution in [3.05, 3.63) is 0 Å². The Morgan fingerprint density at radius 2 is 0.857 bits per heavy atom. The van der Waals surface area contributed by atoms with E-state index >= 15 is 0 Å². The van der Waals surface area contributed by atoms with Crippen molar-refractivity contribution in [3.8, 4) is 0 Å². The van der Waals surface area contributed by atoms with Crippen molar-refractivity contribution in [1.29, 1.82) is 0 Å². The quantitative estimate of drug-likeness (QED) is 0.176. The van der Waals surface area contributed by atoms with Crippen molar-refractivity contribution in [2.24, 2.45) is 0 Å². The summed E-state index contributed by atoms with van der Waals surface area (Å²) in [4.78, 5) is 12.0. The van der Waals surface area contributed by atoms with Crippen molar-refractivity contribution in [2.75, 3.05) is 0 Å². The van der Waals surface area contributed by atoms with E-state index in [1.54, 1.807) is 0 Å². The van der Waals surface area contributed by atoms with E-state index in [0.717, 1.165) is 25.7 Å². The van der Waals surface area contributed by atoms with Gasteiger partial charge in [0.05, 0.1) is 0 Å². The van der Waals surface area contributed by atoms with E-state index in [1.807, 2.05) is 0 Å². The molecule has 0 bridgehead atoms. The topological polar surface area (TPSA) is 37.3 Å². The van der Waals surface area contributed by atoms with Crippen LogP contribution in [0, 0.1) is 0 Å². The Bertz CT molecular complexity index is 314. The second kappa shape index (κ2) is 22.9.